The molecule has 0 bridgehead atoms. The molecule has 0 aromatic heterocycles. The second-order valence-electron chi connectivity index (χ2n) is 3.96. The Morgan fingerprint density at radius 2 is 1.71 bits per heavy atom. The molecule has 0 aliphatic carbocycles. The van der Waals surface area contributed by atoms with Crippen molar-refractivity contribution in [3.63, 3.8) is 0 Å². The quantitative estimate of drug-likeness (QED) is 0.450. The van der Waals surface area contributed by atoms with Crippen molar-refractivity contribution in [3.8, 4) is 11.5 Å². The second-order valence-corrected chi connectivity index (χ2v) is 3.96. The van der Waals surface area contributed by atoms with E-state index in [1.807, 2.05) is 27.7 Å². The summed E-state index contributed by atoms with van der Waals surface area (Å²) in [5.74, 6) is -1.59. The normalized spacial score (nSPS) is 9.38. The molecule has 0 aliphatic heterocycles. The molecule has 6 heteroatoms. The fraction of sp³-hybridized carbons (Fsp3) is 0.222. The van der Waals surface area contributed by atoms with E-state index >= 15 is 0 Å². The molecule has 0 saturated heterocycles. The van der Waals surface area contributed by atoms with Gasteiger partial charge in [0.15, 0.2) is 11.5 Å². The predicted molar refractivity (Wildman–Crippen MR) is 93.9 cm³/mol. The molecule has 2 rings (SSSR count). The molecule has 0 unspecified atom stereocenters. The van der Waals surface area contributed by atoms with Crippen LogP contribution >= 0.6 is 0 Å². The Morgan fingerprint density at radius 1 is 1.04 bits per heavy atom. The Kier molecular flexibility index (Phi) is 10.2. The van der Waals surface area contributed by atoms with Gasteiger partial charge in [-0.2, -0.15) is 5.10 Å². The molecule has 0 heterocycles. The van der Waals surface area contributed by atoms with E-state index in [2.05, 4.69) is 10.5 Å². The Bertz CT molecular complexity index is 673. The molecule has 0 aliphatic rings. The third-order valence-electron chi connectivity index (χ3n) is 2.47. The molecule has 5 nitrogen and oxygen atoms in total. The molecular formula is C18H23FN2O3. The van der Waals surface area contributed by atoms with Crippen molar-refractivity contribution in [1.82, 2.24) is 5.43 Å². The Hall–Kier alpha value is -2.89. The molecule has 24 heavy (non-hydrogen) atoms. The first-order valence-electron chi connectivity index (χ1n) is 7.67. The van der Waals surface area contributed by atoms with Crippen LogP contribution in [0.3, 0.4) is 0 Å². The largest absolute Gasteiger partial charge is 0.504 e. The van der Waals surface area contributed by atoms with Crippen LogP contribution in [0.15, 0.2) is 47.6 Å². The number of amides is 1. The van der Waals surface area contributed by atoms with Crippen LogP contribution in [0.25, 0.3) is 0 Å². The third-order valence-corrected chi connectivity index (χ3v) is 2.47. The first-order chi connectivity index (χ1) is 11.6. The number of nitrogens with zero attached hydrogens (tertiary/aromatic N) is 1. The number of halogens is 1. The van der Waals surface area contributed by atoms with Gasteiger partial charge in [0.25, 0.3) is 5.91 Å². The molecule has 2 aromatic carbocycles. The zero-order valence-electron chi connectivity index (χ0n) is 14.2. The van der Waals surface area contributed by atoms with Crippen molar-refractivity contribution in [2.45, 2.75) is 27.7 Å². The lowest BCUT2D eigenvalue weighted by Crippen LogP contribution is -2.17. The number of nitrogens with one attached hydrogen (secondary N) is 1. The zero-order chi connectivity index (χ0) is 18.5. The average molecular weight is 334 g/mol. The van der Waals surface area contributed by atoms with Crippen molar-refractivity contribution in [2.24, 2.45) is 5.10 Å². The van der Waals surface area contributed by atoms with Crippen LogP contribution < -0.4 is 5.43 Å². The van der Waals surface area contributed by atoms with Gasteiger partial charge in [0.2, 0.25) is 0 Å². The fourth-order valence-corrected chi connectivity index (χ4v) is 1.48. The molecule has 3 N–H and O–H groups in total. The molecule has 2 aromatic rings. The van der Waals surface area contributed by atoms with Crippen LogP contribution in [0.1, 0.15) is 43.6 Å². The topological polar surface area (TPSA) is 81.9 Å². The number of carbonyl (C=O) groups excluding carboxylic acids is 1. The Balaban J connectivity index is 0.00000123. The van der Waals surface area contributed by atoms with E-state index in [1.54, 1.807) is 0 Å². The van der Waals surface area contributed by atoms with Crippen LogP contribution in [-0.2, 0) is 0 Å². The predicted octanol–water partition coefficient (Wildman–Crippen LogP) is 4.05. The van der Waals surface area contributed by atoms with Crippen LogP contribution in [0.5, 0.6) is 11.5 Å². The van der Waals surface area contributed by atoms with E-state index < -0.39 is 11.7 Å². The summed E-state index contributed by atoms with van der Waals surface area (Å²) in [6, 6.07) is 9.30. The summed E-state index contributed by atoms with van der Waals surface area (Å²) in [7, 11) is 0. The molecule has 0 spiro atoms. The minimum absolute atomic E-state index is 0.149. The van der Waals surface area contributed by atoms with Gasteiger partial charge in [-0.1, -0.05) is 33.8 Å². The van der Waals surface area contributed by atoms with Crippen LogP contribution in [0, 0.1) is 5.82 Å². The Labute approximate surface area is 141 Å². The maximum Gasteiger partial charge on any atom is 0.271 e. The minimum atomic E-state index is -0.552. The van der Waals surface area contributed by atoms with E-state index in [0.29, 0.717) is 5.56 Å². The number of phenols is 2. The summed E-state index contributed by atoms with van der Waals surface area (Å²) < 4.78 is 12.9. The van der Waals surface area contributed by atoms with Gasteiger partial charge in [-0.25, -0.2) is 9.82 Å². The fourth-order valence-electron chi connectivity index (χ4n) is 1.48. The lowest BCUT2D eigenvalue weighted by atomic mass is 10.2. The van der Waals surface area contributed by atoms with E-state index in [0.717, 1.165) is 6.07 Å². The van der Waals surface area contributed by atoms with E-state index in [-0.39, 0.29) is 17.1 Å². The van der Waals surface area contributed by atoms with Gasteiger partial charge in [-0.15, -0.1) is 0 Å². The average Bonchev–Trinajstić information content (AvgIpc) is 2.61. The summed E-state index contributed by atoms with van der Waals surface area (Å²) in [6.45, 7) is 8.00. The van der Waals surface area contributed by atoms with E-state index in [9.17, 15) is 14.3 Å². The molecule has 1 amide bonds. The summed E-state index contributed by atoms with van der Waals surface area (Å²) >= 11 is 0. The number of hydrogen-bond donors (Lipinski definition) is 3. The van der Waals surface area contributed by atoms with Gasteiger partial charge in [0.05, 0.1) is 6.21 Å². The second kappa shape index (κ2) is 11.6. The van der Waals surface area contributed by atoms with Crippen molar-refractivity contribution >= 4 is 12.1 Å². The smallest absolute Gasteiger partial charge is 0.271 e. The first-order valence-corrected chi connectivity index (χ1v) is 7.67. The van der Waals surface area contributed by atoms with E-state index in [4.69, 9.17) is 5.11 Å². The number of hydrazone groups is 1. The number of phenolic OH excluding ortho intramolecular Hbond substituents is 2. The lowest BCUT2D eigenvalue weighted by molar-refractivity contribution is 0.0954. The highest BCUT2D eigenvalue weighted by Gasteiger charge is 2.04. The van der Waals surface area contributed by atoms with Crippen LogP contribution in [-0.4, -0.2) is 22.3 Å². The van der Waals surface area contributed by atoms with Crippen molar-refractivity contribution in [1.29, 1.82) is 0 Å². The highest BCUT2D eigenvalue weighted by molar-refractivity contribution is 5.94. The molecule has 0 atom stereocenters. The monoisotopic (exact) mass is 334 g/mol. The van der Waals surface area contributed by atoms with Gasteiger partial charge >= 0.3 is 0 Å². The summed E-state index contributed by atoms with van der Waals surface area (Å²) in [6.07, 6.45) is 1.29. The molecule has 0 fully saturated rings. The SMILES string of the molecule is CC.CC.O=C(N/N=C/c1ccc(O)c(O)c1)c1cccc(F)c1. The maximum atomic E-state index is 12.9. The molecule has 130 valence electrons. The van der Waals surface area contributed by atoms with Gasteiger partial charge in [-0.3, -0.25) is 4.79 Å². The molecular weight excluding hydrogens is 311 g/mol. The maximum absolute atomic E-state index is 12.9. The summed E-state index contributed by atoms with van der Waals surface area (Å²) in [5, 5.41) is 22.1. The van der Waals surface area contributed by atoms with Gasteiger partial charge < -0.3 is 10.2 Å². The standard InChI is InChI=1S/C14H11FN2O3.2C2H6/c15-11-3-1-2-10(7-11)14(20)17-16-8-9-4-5-12(18)13(19)6-9;2*1-2/h1-8,18-19H,(H,17,20);2*1-2H3/b16-8+;;. The highest BCUT2D eigenvalue weighted by atomic mass is 19.1. The minimum Gasteiger partial charge on any atom is -0.504 e. The number of aromatic hydroxyl groups is 2. The van der Waals surface area contributed by atoms with E-state index in [1.165, 1.54) is 42.6 Å². The van der Waals surface area contributed by atoms with Crippen LogP contribution in [0.4, 0.5) is 4.39 Å². The van der Waals surface area contributed by atoms with Gasteiger partial charge in [0, 0.05) is 5.56 Å². The van der Waals surface area contributed by atoms with Crippen molar-refractivity contribution in [2.75, 3.05) is 0 Å². The third kappa shape index (κ3) is 6.91. The number of benzene rings is 2. The molecule has 0 saturated carbocycles. The number of hydrogen-bond acceptors (Lipinski definition) is 4. The Morgan fingerprint density at radius 3 is 2.29 bits per heavy atom. The number of carbonyl (C=O) groups is 1. The van der Waals surface area contributed by atoms with Crippen LogP contribution in [0.2, 0.25) is 0 Å². The van der Waals surface area contributed by atoms with Crippen molar-refractivity contribution in [3.05, 3.63) is 59.4 Å². The highest BCUT2D eigenvalue weighted by Crippen LogP contribution is 2.23. The van der Waals surface area contributed by atoms with Gasteiger partial charge in [-0.05, 0) is 42.0 Å². The lowest BCUT2D eigenvalue weighted by Gasteiger charge is -2.00. The molecule has 0 radical (unpaired) electrons. The van der Waals surface area contributed by atoms with Crippen molar-refractivity contribution < 1.29 is 19.4 Å². The zero-order valence-corrected chi connectivity index (χ0v) is 14.2. The van der Waals surface area contributed by atoms with Gasteiger partial charge in [0.1, 0.15) is 5.82 Å². The summed E-state index contributed by atoms with van der Waals surface area (Å²) in [5.41, 5.74) is 2.86. The first kappa shape index (κ1) is 21.1. The summed E-state index contributed by atoms with van der Waals surface area (Å²) in [4.78, 5) is 11.6. The number of rotatable bonds is 3.